The Morgan fingerprint density at radius 2 is 1.96 bits per heavy atom. The number of hydrogen-bond acceptors (Lipinski definition) is 6. The first-order chi connectivity index (χ1) is 11.6. The van der Waals surface area contributed by atoms with Crippen LogP contribution in [0, 0.1) is 5.92 Å². The molecule has 3 rings (SSSR count). The Morgan fingerprint density at radius 1 is 1.21 bits per heavy atom. The summed E-state index contributed by atoms with van der Waals surface area (Å²) >= 11 is 0. The number of aliphatic hydroxyl groups is 2. The van der Waals surface area contributed by atoms with Gasteiger partial charge in [0.25, 0.3) is 0 Å². The summed E-state index contributed by atoms with van der Waals surface area (Å²) in [6.07, 6.45) is 3.24. The molecule has 1 aliphatic rings. The van der Waals surface area contributed by atoms with Crippen LogP contribution in [0.25, 0.3) is 11.0 Å². The van der Waals surface area contributed by atoms with Crippen molar-refractivity contribution in [1.82, 2.24) is 9.97 Å². The number of hydrogen-bond donors (Lipinski definition) is 3. The molecule has 6 nitrogen and oxygen atoms in total. The van der Waals surface area contributed by atoms with Crippen molar-refractivity contribution in [3.63, 3.8) is 0 Å². The van der Waals surface area contributed by atoms with Gasteiger partial charge in [0.2, 0.25) is 5.88 Å². The second kappa shape index (κ2) is 7.42. The molecule has 130 valence electrons. The molecule has 1 fully saturated rings. The molecule has 4 N–H and O–H groups in total. The highest BCUT2D eigenvalue weighted by atomic mass is 16.5. The summed E-state index contributed by atoms with van der Waals surface area (Å²) in [5.41, 5.74) is 7.76. The van der Waals surface area contributed by atoms with Crippen LogP contribution in [0.1, 0.15) is 44.3 Å². The van der Waals surface area contributed by atoms with E-state index in [4.69, 9.17) is 10.5 Å². The Labute approximate surface area is 141 Å². The van der Waals surface area contributed by atoms with Crippen molar-refractivity contribution in [3.8, 4) is 5.88 Å². The third-order valence-electron chi connectivity index (χ3n) is 4.82. The number of nitrogens with zero attached hydrogens (tertiary/aromatic N) is 2. The standard InChI is InChI=1S/C18H25N3O3/c1-2-24-15-8-7-14-16(21-15)13(9-10-20-14)18(23)17(22)11-3-5-12(19)6-4-11/h7-12,17-18,22-23H,2-6,19H2,1H3/t11-,12-,17-,18-/m1/s1. The number of ether oxygens (including phenoxy) is 1. The molecule has 1 saturated carbocycles. The maximum Gasteiger partial charge on any atom is 0.213 e. The molecular weight excluding hydrogens is 306 g/mol. The van der Waals surface area contributed by atoms with E-state index >= 15 is 0 Å². The molecule has 0 amide bonds. The van der Waals surface area contributed by atoms with E-state index in [2.05, 4.69) is 9.97 Å². The first kappa shape index (κ1) is 17.1. The minimum absolute atomic E-state index is 0.0538. The second-order valence-corrected chi connectivity index (χ2v) is 6.46. The molecular formula is C18H25N3O3. The quantitative estimate of drug-likeness (QED) is 0.774. The molecule has 2 heterocycles. The molecule has 2 aromatic rings. The lowest BCUT2D eigenvalue weighted by Crippen LogP contribution is -2.35. The first-order valence-electron chi connectivity index (χ1n) is 8.60. The molecule has 2 atom stereocenters. The summed E-state index contributed by atoms with van der Waals surface area (Å²) in [4.78, 5) is 8.73. The summed E-state index contributed by atoms with van der Waals surface area (Å²) in [7, 11) is 0. The van der Waals surface area contributed by atoms with Crippen LogP contribution < -0.4 is 10.5 Å². The SMILES string of the molecule is CCOc1ccc2nccc([C@@H](O)[C@H](O)[C@H]3CC[C@H](N)CC3)c2n1. The maximum absolute atomic E-state index is 10.7. The van der Waals surface area contributed by atoms with Crippen LogP contribution >= 0.6 is 0 Å². The summed E-state index contributed by atoms with van der Waals surface area (Å²) < 4.78 is 5.44. The number of aromatic nitrogens is 2. The fourth-order valence-electron chi connectivity index (χ4n) is 3.42. The predicted molar refractivity (Wildman–Crippen MR) is 91.6 cm³/mol. The summed E-state index contributed by atoms with van der Waals surface area (Å²) in [5, 5.41) is 21.4. The minimum atomic E-state index is -1.00. The lowest BCUT2D eigenvalue weighted by Gasteiger charge is -2.32. The van der Waals surface area contributed by atoms with Gasteiger partial charge in [-0.3, -0.25) is 4.98 Å². The third kappa shape index (κ3) is 3.50. The van der Waals surface area contributed by atoms with Gasteiger partial charge in [-0.2, -0.15) is 0 Å². The van der Waals surface area contributed by atoms with Crippen LogP contribution in [0.5, 0.6) is 5.88 Å². The van der Waals surface area contributed by atoms with E-state index in [0.717, 1.165) is 25.7 Å². The molecule has 0 saturated heterocycles. The van der Waals surface area contributed by atoms with E-state index in [1.165, 1.54) is 0 Å². The van der Waals surface area contributed by atoms with Crippen molar-refractivity contribution in [2.24, 2.45) is 11.7 Å². The van der Waals surface area contributed by atoms with Gasteiger partial charge in [0.15, 0.2) is 0 Å². The molecule has 0 spiro atoms. The van der Waals surface area contributed by atoms with Gasteiger partial charge in [-0.1, -0.05) is 0 Å². The number of fused-ring (bicyclic) bond motifs is 1. The molecule has 0 aromatic carbocycles. The van der Waals surface area contributed by atoms with Gasteiger partial charge in [-0.25, -0.2) is 4.98 Å². The van der Waals surface area contributed by atoms with Crippen LogP contribution in [-0.2, 0) is 0 Å². The Hall–Kier alpha value is -1.76. The Bertz CT molecular complexity index is 686. The number of nitrogens with two attached hydrogens (primary N) is 1. The summed E-state index contributed by atoms with van der Waals surface area (Å²) in [6.45, 7) is 2.41. The topological polar surface area (TPSA) is 101 Å². The number of aliphatic hydroxyl groups excluding tert-OH is 2. The smallest absolute Gasteiger partial charge is 0.213 e. The van der Waals surface area contributed by atoms with Gasteiger partial charge in [-0.15, -0.1) is 0 Å². The fraction of sp³-hybridized carbons (Fsp3) is 0.556. The normalized spacial score (nSPS) is 23.8. The van der Waals surface area contributed by atoms with Crippen molar-refractivity contribution in [1.29, 1.82) is 0 Å². The molecule has 0 aliphatic heterocycles. The molecule has 1 aliphatic carbocycles. The molecule has 0 radical (unpaired) electrons. The summed E-state index contributed by atoms with van der Waals surface area (Å²) in [6, 6.07) is 5.50. The fourth-order valence-corrected chi connectivity index (χ4v) is 3.42. The highest BCUT2D eigenvalue weighted by molar-refractivity contribution is 5.78. The van der Waals surface area contributed by atoms with Gasteiger partial charge < -0.3 is 20.7 Å². The van der Waals surface area contributed by atoms with E-state index in [1.54, 1.807) is 18.3 Å². The van der Waals surface area contributed by atoms with Gasteiger partial charge in [0.1, 0.15) is 6.10 Å². The van der Waals surface area contributed by atoms with Crippen molar-refractivity contribution in [2.45, 2.75) is 50.9 Å². The van der Waals surface area contributed by atoms with E-state index in [0.29, 0.717) is 29.1 Å². The van der Waals surface area contributed by atoms with Crippen LogP contribution in [-0.4, -0.2) is 38.9 Å². The van der Waals surface area contributed by atoms with Crippen LogP contribution in [0.3, 0.4) is 0 Å². The maximum atomic E-state index is 10.7. The van der Waals surface area contributed by atoms with E-state index < -0.39 is 12.2 Å². The lowest BCUT2D eigenvalue weighted by atomic mass is 9.80. The molecule has 24 heavy (non-hydrogen) atoms. The van der Waals surface area contributed by atoms with Crippen LogP contribution in [0.2, 0.25) is 0 Å². The highest BCUT2D eigenvalue weighted by Crippen LogP contribution is 2.34. The second-order valence-electron chi connectivity index (χ2n) is 6.46. The molecule has 0 bridgehead atoms. The zero-order valence-electron chi connectivity index (χ0n) is 13.9. The van der Waals surface area contributed by atoms with Crippen LogP contribution in [0.15, 0.2) is 24.4 Å². The average Bonchev–Trinajstić information content (AvgIpc) is 2.61. The van der Waals surface area contributed by atoms with Gasteiger partial charge in [-0.05, 0) is 50.7 Å². The zero-order valence-corrected chi connectivity index (χ0v) is 13.9. The Morgan fingerprint density at radius 3 is 2.67 bits per heavy atom. The average molecular weight is 331 g/mol. The van der Waals surface area contributed by atoms with E-state index in [1.807, 2.05) is 13.0 Å². The monoisotopic (exact) mass is 331 g/mol. The summed E-state index contributed by atoms with van der Waals surface area (Å²) in [5.74, 6) is 0.544. The van der Waals surface area contributed by atoms with Crippen molar-refractivity contribution in [2.75, 3.05) is 6.61 Å². The highest BCUT2D eigenvalue weighted by Gasteiger charge is 2.31. The van der Waals surface area contributed by atoms with Crippen molar-refractivity contribution < 1.29 is 14.9 Å². The Kier molecular flexibility index (Phi) is 5.28. The van der Waals surface area contributed by atoms with Gasteiger partial charge >= 0.3 is 0 Å². The zero-order chi connectivity index (χ0) is 17.1. The molecule has 2 aromatic heterocycles. The van der Waals surface area contributed by atoms with Gasteiger partial charge in [0, 0.05) is 23.9 Å². The molecule has 6 heteroatoms. The Balaban J connectivity index is 1.88. The van der Waals surface area contributed by atoms with E-state index in [9.17, 15) is 10.2 Å². The van der Waals surface area contributed by atoms with E-state index in [-0.39, 0.29) is 12.0 Å². The predicted octanol–water partition coefficient (Wildman–Crippen LogP) is 1.94. The van der Waals surface area contributed by atoms with Gasteiger partial charge in [0.05, 0.1) is 23.7 Å². The number of rotatable bonds is 5. The number of pyridine rings is 2. The first-order valence-corrected chi connectivity index (χ1v) is 8.60. The largest absolute Gasteiger partial charge is 0.478 e. The molecule has 0 unspecified atom stereocenters. The third-order valence-corrected chi connectivity index (χ3v) is 4.82. The lowest BCUT2D eigenvalue weighted by molar-refractivity contribution is -0.0291. The van der Waals surface area contributed by atoms with Crippen molar-refractivity contribution >= 4 is 11.0 Å². The minimum Gasteiger partial charge on any atom is -0.478 e. The van der Waals surface area contributed by atoms with Crippen molar-refractivity contribution in [3.05, 3.63) is 30.0 Å². The van der Waals surface area contributed by atoms with Crippen LogP contribution in [0.4, 0.5) is 0 Å².